The van der Waals surface area contributed by atoms with E-state index in [-0.39, 0.29) is 0 Å². The van der Waals surface area contributed by atoms with Gasteiger partial charge in [-0.2, -0.15) is 0 Å². The molecule has 0 spiro atoms. The van der Waals surface area contributed by atoms with Gasteiger partial charge in [0.2, 0.25) is 0 Å². The molecule has 3 N–H and O–H groups in total. The van der Waals surface area contributed by atoms with Crippen molar-refractivity contribution in [2.24, 2.45) is 17.6 Å². The Morgan fingerprint density at radius 2 is 2.14 bits per heavy atom. The number of carboxylic acids is 1. The number of aliphatic carboxylic acids is 1. The molecule has 3 heteroatoms. The third-order valence-corrected chi connectivity index (χ3v) is 3.37. The number of nitrogens with two attached hydrogens (primary N) is 1. The molecule has 3 atom stereocenters. The Balaban J connectivity index is 2.33. The molecule has 0 aromatic rings. The van der Waals surface area contributed by atoms with Gasteiger partial charge in [0.25, 0.3) is 0 Å². The summed E-state index contributed by atoms with van der Waals surface area (Å²) >= 11 is 0. The van der Waals surface area contributed by atoms with Gasteiger partial charge in [-0.15, -0.1) is 0 Å². The molecule has 1 fully saturated rings. The van der Waals surface area contributed by atoms with E-state index in [0.29, 0.717) is 12.3 Å². The van der Waals surface area contributed by atoms with Gasteiger partial charge in [-0.1, -0.05) is 32.6 Å². The first kappa shape index (κ1) is 11.5. The van der Waals surface area contributed by atoms with Crippen LogP contribution in [0.2, 0.25) is 0 Å². The summed E-state index contributed by atoms with van der Waals surface area (Å²) in [5.41, 5.74) is 5.53. The number of carbonyl (C=O) groups is 1. The molecule has 1 saturated carbocycles. The van der Waals surface area contributed by atoms with Crippen molar-refractivity contribution in [2.45, 2.75) is 51.5 Å². The molecule has 3 unspecified atom stereocenters. The second-order valence-electron chi connectivity index (χ2n) is 4.49. The maximum absolute atomic E-state index is 10.6. The van der Waals surface area contributed by atoms with E-state index in [1.165, 1.54) is 25.7 Å². The normalized spacial score (nSPS) is 29.9. The third-order valence-electron chi connectivity index (χ3n) is 3.37. The Labute approximate surface area is 85.7 Å². The molecule has 0 aliphatic heterocycles. The maximum Gasteiger partial charge on any atom is 0.320 e. The average molecular weight is 199 g/mol. The van der Waals surface area contributed by atoms with Crippen LogP contribution in [0.1, 0.15) is 45.4 Å². The first-order valence-corrected chi connectivity index (χ1v) is 5.61. The van der Waals surface area contributed by atoms with E-state index < -0.39 is 12.0 Å². The molecule has 3 nitrogen and oxygen atoms in total. The Kier molecular flexibility index (Phi) is 4.39. The minimum absolute atomic E-state index is 0.541. The van der Waals surface area contributed by atoms with Crippen molar-refractivity contribution >= 4 is 5.97 Å². The first-order valence-electron chi connectivity index (χ1n) is 5.61. The first-order chi connectivity index (χ1) is 6.63. The molecular formula is C11H21NO2. The van der Waals surface area contributed by atoms with Crippen LogP contribution >= 0.6 is 0 Å². The van der Waals surface area contributed by atoms with Crippen LogP contribution in [0.5, 0.6) is 0 Å². The summed E-state index contributed by atoms with van der Waals surface area (Å²) in [5.74, 6) is 0.484. The fourth-order valence-corrected chi connectivity index (χ4v) is 2.45. The molecule has 0 heterocycles. The van der Waals surface area contributed by atoms with Crippen molar-refractivity contribution in [3.8, 4) is 0 Å². The molecule has 1 rings (SSSR count). The van der Waals surface area contributed by atoms with Crippen LogP contribution < -0.4 is 5.73 Å². The molecule has 14 heavy (non-hydrogen) atoms. The lowest BCUT2D eigenvalue weighted by Gasteiger charge is -2.29. The van der Waals surface area contributed by atoms with Crippen molar-refractivity contribution in [1.29, 1.82) is 0 Å². The van der Waals surface area contributed by atoms with Crippen LogP contribution in [-0.2, 0) is 4.79 Å². The van der Waals surface area contributed by atoms with Crippen molar-refractivity contribution in [3.63, 3.8) is 0 Å². The lowest BCUT2D eigenvalue weighted by atomic mass is 9.78. The van der Waals surface area contributed by atoms with Crippen LogP contribution in [0.25, 0.3) is 0 Å². The number of hydrogen-bond donors (Lipinski definition) is 2. The highest BCUT2D eigenvalue weighted by molar-refractivity contribution is 5.73. The zero-order valence-corrected chi connectivity index (χ0v) is 8.91. The van der Waals surface area contributed by atoms with Crippen molar-refractivity contribution in [2.75, 3.05) is 0 Å². The van der Waals surface area contributed by atoms with Gasteiger partial charge in [0.05, 0.1) is 0 Å². The van der Waals surface area contributed by atoms with Crippen LogP contribution in [0.3, 0.4) is 0 Å². The van der Waals surface area contributed by atoms with Gasteiger partial charge in [-0.25, -0.2) is 0 Å². The molecule has 1 aliphatic rings. The molecule has 0 aromatic carbocycles. The monoisotopic (exact) mass is 199 g/mol. The van der Waals surface area contributed by atoms with Gasteiger partial charge < -0.3 is 10.8 Å². The quantitative estimate of drug-likeness (QED) is 0.728. The molecule has 0 radical (unpaired) electrons. The van der Waals surface area contributed by atoms with E-state index in [4.69, 9.17) is 10.8 Å². The number of hydrogen-bond acceptors (Lipinski definition) is 2. The highest BCUT2D eigenvalue weighted by Crippen LogP contribution is 2.33. The Morgan fingerprint density at radius 1 is 1.50 bits per heavy atom. The van der Waals surface area contributed by atoms with Crippen LogP contribution in [0, 0.1) is 11.8 Å². The highest BCUT2D eigenvalue weighted by Gasteiger charge is 2.24. The van der Waals surface area contributed by atoms with E-state index in [1.807, 2.05) is 0 Å². The topological polar surface area (TPSA) is 63.3 Å². The summed E-state index contributed by atoms with van der Waals surface area (Å²) in [6, 6.07) is -0.657. The zero-order valence-electron chi connectivity index (χ0n) is 8.91. The SMILES string of the molecule is CCC1CCCC(CC(N)C(=O)O)C1. The third kappa shape index (κ3) is 3.29. The smallest absolute Gasteiger partial charge is 0.320 e. The van der Waals surface area contributed by atoms with E-state index in [1.54, 1.807) is 0 Å². The van der Waals surface area contributed by atoms with Crippen LogP contribution in [0.15, 0.2) is 0 Å². The summed E-state index contributed by atoms with van der Waals surface area (Å²) in [6.45, 7) is 2.21. The largest absolute Gasteiger partial charge is 0.480 e. The lowest BCUT2D eigenvalue weighted by molar-refractivity contribution is -0.139. The minimum Gasteiger partial charge on any atom is -0.480 e. The van der Waals surface area contributed by atoms with E-state index >= 15 is 0 Å². The predicted octanol–water partition coefficient (Wildman–Crippen LogP) is 2.00. The number of rotatable bonds is 4. The highest BCUT2D eigenvalue weighted by atomic mass is 16.4. The fraction of sp³-hybridized carbons (Fsp3) is 0.909. The molecule has 0 aromatic heterocycles. The van der Waals surface area contributed by atoms with E-state index in [9.17, 15) is 4.79 Å². The standard InChI is InChI=1S/C11H21NO2/c1-2-8-4-3-5-9(6-8)7-10(12)11(13)14/h8-10H,2-7,12H2,1H3,(H,13,14). The second kappa shape index (κ2) is 5.35. The van der Waals surface area contributed by atoms with Gasteiger partial charge in [0, 0.05) is 0 Å². The summed E-state index contributed by atoms with van der Waals surface area (Å²) in [4.78, 5) is 10.6. The van der Waals surface area contributed by atoms with Crippen LogP contribution in [0.4, 0.5) is 0 Å². The Bertz CT molecular complexity index is 194. The summed E-state index contributed by atoms with van der Waals surface area (Å²) in [7, 11) is 0. The minimum atomic E-state index is -0.858. The predicted molar refractivity (Wildman–Crippen MR) is 56.0 cm³/mol. The van der Waals surface area contributed by atoms with Gasteiger partial charge in [-0.05, 0) is 24.7 Å². The second-order valence-corrected chi connectivity index (χ2v) is 4.49. The Morgan fingerprint density at radius 3 is 2.71 bits per heavy atom. The molecule has 0 bridgehead atoms. The van der Waals surface area contributed by atoms with E-state index in [0.717, 1.165) is 12.3 Å². The van der Waals surface area contributed by atoms with Gasteiger partial charge in [0.15, 0.2) is 0 Å². The van der Waals surface area contributed by atoms with Gasteiger partial charge in [-0.3, -0.25) is 4.79 Å². The van der Waals surface area contributed by atoms with Crippen molar-refractivity contribution in [1.82, 2.24) is 0 Å². The van der Waals surface area contributed by atoms with Crippen LogP contribution in [-0.4, -0.2) is 17.1 Å². The summed E-state index contributed by atoms with van der Waals surface area (Å²) < 4.78 is 0. The average Bonchev–Trinajstić information content (AvgIpc) is 2.18. The Hall–Kier alpha value is -0.570. The lowest BCUT2D eigenvalue weighted by Crippen LogP contribution is -2.33. The summed E-state index contributed by atoms with van der Waals surface area (Å²) in [6.07, 6.45) is 6.78. The zero-order chi connectivity index (χ0) is 10.6. The van der Waals surface area contributed by atoms with E-state index in [2.05, 4.69) is 6.92 Å². The van der Waals surface area contributed by atoms with Gasteiger partial charge in [0.1, 0.15) is 6.04 Å². The molecule has 0 amide bonds. The summed E-state index contributed by atoms with van der Waals surface area (Å²) in [5, 5.41) is 8.71. The molecular weight excluding hydrogens is 178 g/mol. The fourth-order valence-electron chi connectivity index (χ4n) is 2.45. The maximum atomic E-state index is 10.6. The molecule has 1 aliphatic carbocycles. The van der Waals surface area contributed by atoms with Crippen molar-refractivity contribution < 1.29 is 9.90 Å². The van der Waals surface area contributed by atoms with Crippen molar-refractivity contribution in [3.05, 3.63) is 0 Å². The van der Waals surface area contributed by atoms with Gasteiger partial charge >= 0.3 is 5.97 Å². The number of carboxylic acid groups (broad SMARTS) is 1. The molecule has 82 valence electrons. The molecule has 0 saturated heterocycles.